The Morgan fingerprint density at radius 2 is 1.65 bits per heavy atom. The molecule has 20 heavy (non-hydrogen) atoms. The molecule has 3 rings (SSSR count). The molecule has 0 bridgehead atoms. The van der Waals surface area contributed by atoms with Crippen molar-refractivity contribution in [2.24, 2.45) is 0 Å². The van der Waals surface area contributed by atoms with Crippen molar-refractivity contribution in [3.8, 4) is 11.1 Å². The van der Waals surface area contributed by atoms with Crippen molar-refractivity contribution in [3.05, 3.63) is 59.2 Å². The Hall–Kier alpha value is -2.30. The number of halogens is 3. The number of carbonyl (C=O) groups excluding carboxylic acids is 1. The first-order chi connectivity index (χ1) is 9.47. The number of hydrogen-bond acceptors (Lipinski definition) is 1. The zero-order valence-corrected chi connectivity index (χ0v) is 10.3. The largest absolute Gasteiger partial charge is 0.416 e. The van der Waals surface area contributed by atoms with Crippen LogP contribution in [0.4, 0.5) is 13.2 Å². The predicted octanol–water partition coefficient (Wildman–Crippen LogP) is 3.62. The van der Waals surface area contributed by atoms with E-state index >= 15 is 0 Å². The summed E-state index contributed by atoms with van der Waals surface area (Å²) < 4.78 is 38.2. The molecular formula is C15H10F3NO. The molecule has 102 valence electrons. The van der Waals surface area contributed by atoms with Gasteiger partial charge in [-0.1, -0.05) is 24.3 Å². The standard InChI is InChI=1S/C15H10F3NO/c16-15(17,18)10-5-6-11-9(7-10)8-19-14(20)13-4-2-1-3-12(11)13/h1-7H,8H2,(H,19,20). The lowest BCUT2D eigenvalue weighted by Crippen LogP contribution is -2.21. The van der Waals surface area contributed by atoms with Gasteiger partial charge in [0.2, 0.25) is 0 Å². The van der Waals surface area contributed by atoms with Gasteiger partial charge in [0, 0.05) is 12.1 Å². The van der Waals surface area contributed by atoms with E-state index in [2.05, 4.69) is 5.32 Å². The fourth-order valence-electron chi connectivity index (χ4n) is 2.37. The molecule has 1 heterocycles. The average Bonchev–Trinajstić information content (AvgIpc) is 2.56. The molecule has 0 spiro atoms. The minimum atomic E-state index is -4.38. The quantitative estimate of drug-likeness (QED) is 0.783. The lowest BCUT2D eigenvalue weighted by atomic mass is 9.95. The van der Waals surface area contributed by atoms with Crippen LogP contribution < -0.4 is 5.32 Å². The van der Waals surface area contributed by atoms with E-state index < -0.39 is 11.7 Å². The summed E-state index contributed by atoms with van der Waals surface area (Å²) in [5.41, 5.74) is 1.56. The topological polar surface area (TPSA) is 29.1 Å². The van der Waals surface area contributed by atoms with Crippen molar-refractivity contribution in [2.75, 3.05) is 0 Å². The smallest absolute Gasteiger partial charge is 0.348 e. The molecule has 2 nitrogen and oxygen atoms in total. The van der Waals surface area contributed by atoms with E-state index in [0.717, 1.165) is 12.1 Å². The Morgan fingerprint density at radius 1 is 0.950 bits per heavy atom. The number of carbonyl (C=O) groups is 1. The highest BCUT2D eigenvalue weighted by Crippen LogP contribution is 2.35. The number of alkyl halides is 3. The second-order valence-corrected chi connectivity index (χ2v) is 4.60. The van der Waals surface area contributed by atoms with E-state index in [9.17, 15) is 18.0 Å². The van der Waals surface area contributed by atoms with Gasteiger partial charge in [0.05, 0.1) is 5.56 Å². The average molecular weight is 277 g/mol. The normalized spacial score (nSPS) is 14.1. The molecule has 5 heteroatoms. The first kappa shape index (κ1) is 12.7. The van der Waals surface area contributed by atoms with Gasteiger partial charge in [-0.15, -0.1) is 0 Å². The third kappa shape index (κ3) is 2.05. The van der Waals surface area contributed by atoms with E-state index in [1.807, 2.05) is 0 Å². The highest BCUT2D eigenvalue weighted by Gasteiger charge is 2.31. The fraction of sp³-hybridized carbons (Fsp3) is 0.133. The highest BCUT2D eigenvalue weighted by atomic mass is 19.4. The van der Waals surface area contributed by atoms with E-state index in [1.165, 1.54) is 6.07 Å². The van der Waals surface area contributed by atoms with Crippen LogP contribution in [-0.2, 0) is 12.7 Å². The van der Waals surface area contributed by atoms with Gasteiger partial charge in [0.1, 0.15) is 0 Å². The Balaban J connectivity index is 2.21. The van der Waals surface area contributed by atoms with Gasteiger partial charge in [-0.05, 0) is 34.9 Å². The second kappa shape index (κ2) is 4.37. The number of fused-ring (bicyclic) bond motifs is 3. The van der Waals surface area contributed by atoms with Gasteiger partial charge in [0.25, 0.3) is 5.91 Å². The van der Waals surface area contributed by atoms with Crippen molar-refractivity contribution < 1.29 is 18.0 Å². The van der Waals surface area contributed by atoms with Crippen LogP contribution in [-0.4, -0.2) is 5.91 Å². The number of nitrogens with one attached hydrogen (secondary N) is 1. The molecule has 2 aromatic rings. The lowest BCUT2D eigenvalue weighted by Gasteiger charge is -2.12. The lowest BCUT2D eigenvalue weighted by molar-refractivity contribution is -0.137. The molecule has 1 aliphatic heterocycles. The summed E-state index contributed by atoms with van der Waals surface area (Å²) in [5, 5.41) is 2.63. The van der Waals surface area contributed by atoms with Crippen molar-refractivity contribution in [1.82, 2.24) is 5.32 Å². The molecule has 1 aliphatic rings. The van der Waals surface area contributed by atoms with Gasteiger partial charge in [-0.3, -0.25) is 4.79 Å². The summed E-state index contributed by atoms with van der Waals surface area (Å²) in [6.45, 7) is 0.0900. The van der Waals surface area contributed by atoms with Gasteiger partial charge >= 0.3 is 6.18 Å². The molecule has 0 aliphatic carbocycles. The van der Waals surface area contributed by atoms with Crippen molar-refractivity contribution in [1.29, 1.82) is 0 Å². The van der Waals surface area contributed by atoms with Crippen LogP contribution in [0.15, 0.2) is 42.5 Å². The third-order valence-electron chi connectivity index (χ3n) is 3.33. The van der Waals surface area contributed by atoms with Gasteiger partial charge in [-0.25, -0.2) is 0 Å². The van der Waals surface area contributed by atoms with Crippen molar-refractivity contribution >= 4 is 5.91 Å². The van der Waals surface area contributed by atoms with Gasteiger partial charge in [-0.2, -0.15) is 13.2 Å². The van der Waals surface area contributed by atoms with Gasteiger partial charge in [0.15, 0.2) is 0 Å². The Morgan fingerprint density at radius 3 is 2.35 bits per heavy atom. The maximum absolute atomic E-state index is 12.7. The highest BCUT2D eigenvalue weighted by molar-refractivity contribution is 6.02. The Bertz CT molecular complexity index is 692. The van der Waals surface area contributed by atoms with E-state index in [0.29, 0.717) is 22.3 Å². The molecule has 0 aromatic heterocycles. The molecule has 0 saturated carbocycles. The number of hydrogen-bond donors (Lipinski definition) is 1. The summed E-state index contributed by atoms with van der Waals surface area (Å²) in [4.78, 5) is 11.9. The Labute approximate surface area is 113 Å². The molecule has 0 saturated heterocycles. The van der Waals surface area contributed by atoms with Crippen LogP contribution in [0.1, 0.15) is 21.5 Å². The fourth-order valence-corrected chi connectivity index (χ4v) is 2.37. The van der Waals surface area contributed by atoms with E-state index in [4.69, 9.17) is 0 Å². The minimum absolute atomic E-state index is 0.0900. The zero-order chi connectivity index (χ0) is 14.3. The van der Waals surface area contributed by atoms with Crippen LogP contribution in [0, 0.1) is 0 Å². The first-order valence-electron chi connectivity index (χ1n) is 6.04. The van der Waals surface area contributed by atoms with Crippen LogP contribution in [0.2, 0.25) is 0 Å². The molecular weight excluding hydrogens is 267 g/mol. The summed E-state index contributed by atoms with van der Waals surface area (Å²) in [6, 6.07) is 10.5. The van der Waals surface area contributed by atoms with Crippen molar-refractivity contribution in [3.63, 3.8) is 0 Å². The number of amides is 1. The first-order valence-corrected chi connectivity index (χ1v) is 6.04. The molecule has 0 unspecified atom stereocenters. The SMILES string of the molecule is O=C1NCc2cc(C(F)(F)F)ccc2-c2ccccc21. The maximum Gasteiger partial charge on any atom is 0.416 e. The van der Waals surface area contributed by atoms with E-state index in [1.54, 1.807) is 24.3 Å². The zero-order valence-electron chi connectivity index (χ0n) is 10.3. The predicted molar refractivity (Wildman–Crippen MR) is 68.1 cm³/mol. The van der Waals surface area contributed by atoms with Crippen LogP contribution >= 0.6 is 0 Å². The minimum Gasteiger partial charge on any atom is -0.348 e. The van der Waals surface area contributed by atoms with Gasteiger partial charge < -0.3 is 5.32 Å². The van der Waals surface area contributed by atoms with E-state index in [-0.39, 0.29) is 12.5 Å². The third-order valence-corrected chi connectivity index (χ3v) is 3.33. The molecule has 2 aromatic carbocycles. The van der Waals surface area contributed by atoms with Crippen molar-refractivity contribution in [2.45, 2.75) is 12.7 Å². The second-order valence-electron chi connectivity index (χ2n) is 4.60. The summed E-state index contributed by atoms with van der Waals surface area (Å²) in [6.07, 6.45) is -4.38. The molecule has 0 radical (unpaired) electrons. The summed E-state index contributed by atoms with van der Waals surface area (Å²) in [7, 11) is 0. The number of rotatable bonds is 0. The van der Waals surface area contributed by atoms with Crippen LogP contribution in [0.25, 0.3) is 11.1 Å². The maximum atomic E-state index is 12.7. The van der Waals surface area contributed by atoms with Crippen LogP contribution in [0.5, 0.6) is 0 Å². The summed E-state index contributed by atoms with van der Waals surface area (Å²) in [5.74, 6) is -0.273. The number of benzene rings is 2. The van der Waals surface area contributed by atoms with Crippen LogP contribution in [0.3, 0.4) is 0 Å². The Kier molecular flexibility index (Phi) is 2.78. The summed E-state index contributed by atoms with van der Waals surface area (Å²) >= 11 is 0. The molecule has 1 N–H and O–H groups in total. The molecule has 0 fully saturated rings. The molecule has 0 atom stereocenters. The molecule has 1 amide bonds. The monoisotopic (exact) mass is 277 g/mol.